The molecule has 1 amide bonds. The van der Waals surface area contributed by atoms with Crippen LogP contribution in [0, 0.1) is 0 Å². The van der Waals surface area contributed by atoms with E-state index in [1.54, 1.807) is 12.3 Å². The van der Waals surface area contributed by atoms with Gasteiger partial charge in [0.2, 0.25) is 0 Å². The number of ether oxygens (including phenoxy) is 1. The molecule has 1 aromatic rings. The van der Waals surface area contributed by atoms with Crippen LogP contribution in [-0.2, 0) is 4.74 Å². The van der Waals surface area contributed by atoms with E-state index in [0.717, 1.165) is 19.7 Å². The van der Waals surface area contributed by atoms with Gasteiger partial charge in [-0.25, -0.2) is 0 Å². The second-order valence-corrected chi connectivity index (χ2v) is 5.49. The van der Waals surface area contributed by atoms with E-state index in [1.807, 2.05) is 4.90 Å². The summed E-state index contributed by atoms with van der Waals surface area (Å²) in [7, 11) is 0. The summed E-state index contributed by atoms with van der Waals surface area (Å²) in [4.78, 5) is 16.6. The number of fused-ring (bicyclic) bond motifs is 1. The first-order chi connectivity index (χ1) is 9.16. The summed E-state index contributed by atoms with van der Waals surface area (Å²) in [6.07, 6.45) is 1.75. The molecule has 0 saturated carbocycles. The average Bonchev–Trinajstić information content (AvgIpc) is 3.06. The molecule has 2 aliphatic heterocycles. The van der Waals surface area contributed by atoms with Crippen molar-refractivity contribution in [2.45, 2.75) is 32.0 Å². The fourth-order valence-corrected chi connectivity index (χ4v) is 3.07. The van der Waals surface area contributed by atoms with Crippen molar-refractivity contribution in [1.82, 2.24) is 20.0 Å². The SMILES string of the molecule is CC(C)N1CCOC2CN(C(=O)c3ccn[nH]3)CC21. The molecule has 6 heteroatoms. The highest BCUT2D eigenvalue weighted by molar-refractivity contribution is 5.92. The molecule has 6 nitrogen and oxygen atoms in total. The van der Waals surface area contributed by atoms with E-state index >= 15 is 0 Å². The molecule has 0 aromatic carbocycles. The summed E-state index contributed by atoms with van der Waals surface area (Å²) in [6.45, 7) is 7.51. The number of H-pyrrole nitrogens is 1. The van der Waals surface area contributed by atoms with Crippen LogP contribution in [0.5, 0.6) is 0 Å². The minimum atomic E-state index is 0.0132. The number of amides is 1. The van der Waals surface area contributed by atoms with Gasteiger partial charge in [-0.2, -0.15) is 5.10 Å². The fourth-order valence-electron chi connectivity index (χ4n) is 3.07. The number of likely N-dealkylation sites (tertiary alicyclic amines) is 1. The molecular formula is C13H20N4O2. The summed E-state index contributed by atoms with van der Waals surface area (Å²) in [6, 6.07) is 2.52. The Morgan fingerprint density at radius 1 is 1.53 bits per heavy atom. The van der Waals surface area contributed by atoms with E-state index in [1.165, 1.54) is 0 Å². The van der Waals surface area contributed by atoms with Crippen LogP contribution in [0.25, 0.3) is 0 Å². The van der Waals surface area contributed by atoms with E-state index in [4.69, 9.17) is 4.74 Å². The topological polar surface area (TPSA) is 61.5 Å². The highest BCUT2D eigenvalue weighted by Crippen LogP contribution is 2.25. The Bertz CT molecular complexity index is 446. The van der Waals surface area contributed by atoms with Gasteiger partial charge in [0.05, 0.1) is 18.8 Å². The molecule has 2 atom stereocenters. The maximum Gasteiger partial charge on any atom is 0.272 e. The number of carbonyl (C=O) groups is 1. The number of rotatable bonds is 2. The number of hydrogen-bond acceptors (Lipinski definition) is 4. The predicted octanol–water partition coefficient (Wildman–Crippen LogP) is 0.343. The quantitative estimate of drug-likeness (QED) is 0.837. The lowest BCUT2D eigenvalue weighted by molar-refractivity contribution is -0.0582. The molecule has 2 aliphatic rings. The molecule has 3 rings (SSSR count). The summed E-state index contributed by atoms with van der Waals surface area (Å²) in [5, 5.41) is 6.57. The molecule has 0 spiro atoms. The van der Waals surface area contributed by atoms with Crippen LogP contribution < -0.4 is 0 Å². The zero-order chi connectivity index (χ0) is 13.4. The van der Waals surface area contributed by atoms with E-state index in [9.17, 15) is 4.79 Å². The van der Waals surface area contributed by atoms with Crippen molar-refractivity contribution >= 4 is 5.91 Å². The third kappa shape index (κ3) is 2.26. The summed E-state index contributed by atoms with van der Waals surface area (Å²) < 4.78 is 5.82. The molecule has 2 fully saturated rings. The molecule has 104 valence electrons. The second kappa shape index (κ2) is 4.94. The largest absolute Gasteiger partial charge is 0.373 e. The maximum absolute atomic E-state index is 12.3. The van der Waals surface area contributed by atoms with Crippen LogP contribution in [0.1, 0.15) is 24.3 Å². The van der Waals surface area contributed by atoms with Crippen molar-refractivity contribution < 1.29 is 9.53 Å². The number of aromatic nitrogens is 2. The van der Waals surface area contributed by atoms with Gasteiger partial charge in [0, 0.05) is 31.9 Å². The minimum Gasteiger partial charge on any atom is -0.373 e. The number of aromatic amines is 1. The van der Waals surface area contributed by atoms with Gasteiger partial charge < -0.3 is 9.64 Å². The smallest absolute Gasteiger partial charge is 0.272 e. The Hall–Kier alpha value is -1.40. The number of morpholine rings is 1. The van der Waals surface area contributed by atoms with Crippen LogP contribution in [-0.4, -0.2) is 70.3 Å². The van der Waals surface area contributed by atoms with Crippen molar-refractivity contribution in [2.75, 3.05) is 26.2 Å². The number of nitrogens with zero attached hydrogens (tertiary/aromatic N) is 3. The van der Waals surface area contributed by atoms with Crippen molar-refractivity contribution in [1.29, 1.82) is 0 Å². The van der Waals surface area contributed by atoms with Crippen LogP contribution in [0.2, 0.25) is 0 Å². The molecule has 0 aliphatic carbocycles. The predicted molar refractivity (Wildman–Crippen MR) is 69.9 cm³/mol. The molecule has 0 bridgehead atoms. The lowest BCUT2D eigenvalue weighted by Crippen LogP contribution is -2.53. The number of nitrogens with one attached hydrogen (secondary N) is 1. The molecule has 2 unspecified atom stereocenters. The normalized spacial score (nSPS) is 27.8. The van der Waals surface area contributed by atoms with Crippen molar-refractivity contribution in [3.8, 4) is 0 Å². The molecule has 0 radical (unpaired) electrons. The van der Waals surface area contributed by atoms with Crippen molar-refractivity contribution in [3.05, 3.63) is 18.0 Å². The molecule has 1 aromatic heterocycles. The van der Waals surface area contributed by atoms with E-state index in [-0.39, 0.29) is 12.0 Å². The van der Waals surface area contributed by atoms with E-state index < -0.39 is 0 Å². The zero-order valence-corrected chi connectivity index (χ0v) is 11.4. The Morgan fingerprint density at radius 2 is 2.37 bits per heavy atom. The van der Waals surface area contributed by atoms with Gasteiger partial charge >= 0.3 is 0 Å². The van der Waals surface area contributed by atoms with Crippen LogP contribution >= 0.6 is 0 Å². The minimum absolute atomic E-state index is 0.0132. The lowest BCUT2D eigenvalue weighted by Gasteiger charge is -2.39. The Labute approximate surface area is 112 Å². The first-order valence-electron chi connectivity index (χ1n) is 6.83. The van der Waals surface area contributed by atoms with Gasteiger partial charge in [-0.05, 0) is 19.9 Å². The van der Waals surface area contributed by atoms with Gasteiger partial charge in [0.15, 0.2) is 0 Å². The van der Waals surface area contributed by atoms with E-state index in [0.29, 0.717) is 24.3 Å². The van der Waals surface area contributed by atoms with Gasteiger partial charge in [0.25, 0.3) is 5.91 Å². The van der Waals surface area contributed by atoms with Crippen molar-refractivity contribution in [3.63, 3.8) is 0 Å². The first-order valence-corrected chi connectivity index (χ1v) is 6.83. The third-order valence-electron chi connectivity index (χ3n) is 4.03. The molecular weight excluding hydrogens is 244 g/mol. The lowest BCUT2D eigenvalue weighted by atomic mass is 10.1. The fraction of sp³-hybridized carbons (Fsp3) is 0.692. The second-order valence-electron chi connectivity index (χ2n) is 5.49. The summed E-state index contributed by atoms with van der Waals surface area (Å²) in [5.41, 5.74) is 0.551. The van der Waals surface area contributed by atoms with E-state index in [2.05, 4.69) is 28.9 Å². The first kappa shape index (κ1) is 12.6. The van der Waals surface area contributed by atoms with Crippen LogP contribution in [0.15, 0.2) is 12.3 Å². The zero-order valence-electron chi connectivity index (χ0n) is 11.4. The van der Waals surface area contributed by atoms with Gasteiger partial charge in [-0.1, -0.05) is 0 Å². The summed E-state index contributed by atoms with van der Waals surface area (Å²) in [5.74, 6) is 0.0132. The highest BCUT2D eigenvalue weighted by atomic mass is 16.5. The molecule has 1 N–H and O–H groups in total. The monoisotopic (exact) mass is 264 g/mol. The number of carbonyl (C=O) groups excluding carboxylic acids is 1. The van der Waals surface area contributed by atoms with Crippen LogP contribution in [0.3, 0.4) is 0 Å². The standard InChI is InChI=1S/C13H20N4O2/c1-9(2)17-5-6-19-12-8-16(7-11(12)17)13(18)10-3-4-14-15-10/h3-4,9,11-12H,5-8H2,1-2H3,(H,14,15). The Morgan fingerprint density at radius 3 is 3.05 bits per heavy atom. The average molecular weight is 264 g/mol. The van der Waals surface area contributed by atoms with Gasteiger partial charge in [-0.3, -0.25) is 14.8 Å². The molecule has 3 heterocycles. The maximum atomic E-state index is 12.3. The number of hydrogen-bond donors (Lipinski definition) is 1. The van der Waals surface area contributed by atoms with Crippen molar-refractivity contribution in [2.24, 2.45) is 0 Å². The van der Waals surface area contributed by atoms with Gasteiger partial charge in [0.1, 0.15) is 5.69 Å². The highest BCUT2D eigenvalue weighted by Gasteiger charge is 2.42. The Kier molecular flexibility index (Phi) is 3.28. The molecule has 19 heavy (non-hydrogen) atoms. The summed E-state index contributed by atoms with van der Waals surface area (Å²) >= 11 is 0. The Balaban J connectivity index is 1.73. The molecule has 2 saturated heterocycles. The van der Waals surface area contributed by atoms with Crippen LogP contribution in [0.4, 0.5) is 0 Å². The third-order valence-corrected chi connectivity index (χ3v) is 4.03. The van der Waals surface area contributed by atoms with Gasteiger partial charge in [-0.15, -0.1) is 0 Å².